The molecule has 18 heavy (non-hydrogen) atoms. The van der Waals surface area contributed by atoms with Crippen molar-refractivity contribution in [1.29, 1.82) is 0 Å². The minimum absolute atomic E-state index is 0.534. The molecule has 1 heterocycles. The van der Waals surface area contributed by atoms with Gasteiger partial charge in [0.2, 0.25) is 0 Å². The summed E-state index contributed by atoms with van der Waals surface area (Å²) in [7, 11) is 0. The summed E-state index contributed by atoms with van der Waals surface area (Å²) in [6, 6.07) is 1.60. The maximum Gasteiger partial charge on any atom is 0.0337 e. The molecule has 3 rings (SSSR count). The van der Waals surface area contributed by atoms with E-state index in [-0.39, 0.29) is 0 Å². The predicted octanol–water partition coefficient (Wildman–Crippen LogP) is 3.32. The molecular weight excluding hydrogens is 220 g/mol. The van der Waals surface area contributed by atoms with E-state index in [1.165, 1.54) is 77.3 Å². The second-order valence-electron chi connectivity index (χ2n) is 7.01. The average molecular weight is 250 g/mol. The van der Waals surface area contributed by atoms with Crippen LogP contribution in [0, 0.1) is 0 Å². The highest BCUT2D eigenvalue weighted by molar-refractivity contribution is 5.02. The Kier molecular flexibility index (Phi) is 3.95. The lowest BCUT2D eigenvalue weighted by Gasteiger charge is -2.55. The maximum absolute atomic E-state index is 3.77. The molecule has 2 heteroatoms. The van der Waals surface area contributed by atoms with Gasteiger partial charge in [0.1, 0.15) is 0 Å². The van der Waals surface area contributed by atoms with Crippen LogP contribution in [0.4, 0.5) is 0 Å². The van der Waals surface area contributed by atoms with E-state index >= 15 is 0 Å². The quantitative estimate of drug-likeness (QED) is 0.768. The third kappa shape index (κ3) is 2.46. The van der Waals surface area contributed by atoms with Gasteiger partial charge in [0.25, 0.3) is 0 Å². The fourth-order valence-electron chi connectivity index (χ4n) is 4.62. The zero-order valence-electron chi connectivity index (χ0n) is 12.1. The lowest BCUT2D eigenvalue weighted by atomic mass is 9.76. The minimum atomic E-state index is 0.534. The molecule has 1 atom stereocenters. The first-order valence-electron chi connectivity index (χ1n) is 8.30. The van der Waals surface area contributed by atoms with Crippen LogP contribution in [-0.2, 0) is 0 Å². The predicted molar refractivity (Wildman–Crippen MR) is 76.9 cm³/mol. The molecule has 0 aromatic carbocycles. The van der Waals surface area contributed by atoms with E-state index in [2.05, 4.69) is 17.1 Å². The molecule has 1 N–H and O–H groups in total. The zero-order valence-corrected chi connectivity index (χ0v) is 12.1. The van der Waals surface area contributed by atoms with Crippen molar-refractivity contribution in [3.05, 3.63) is 0 Å². The molecular formula is C16H30N2. The molecule has 0 aromatic rings. The summed E-state index contributed by atoms with van der Waals surface area (Å²) in [4.78, 5) is 2.96. The van der Waals surface area contributed by atoms with Crippen molar-refractivity contribution in [2.45, 2.75) is 88.8 Å². The number of nitrogens with zero attached hydrogens (tertiary/aromatic N) is 1. The van der Waals surface area contributed by atoms with Crippen molar-refractivity contribution < 1.29 is 0 Å². The summed E-state index contributed by atoms with van der Waals surface area (Å²) < 4.78 is 0. The van der Waals surface area contributed by atoms with Gasteiger partial charge in [0.15, 0.2) is 0 Å². The van der Waals surface area contributed by atoms with Crippen LogP contribution in [0.2, 0.25) is 0 Å². The molecule has 2 aliphatic carbocycles. The Morgan fingerprint density at radius 1 is 0.944 bits per heavy atom. The first-order valence-corrected chi connectivity index (χ1v) is 8.30. The van der Waals surface area contributed by atoms with Crippen molar-refractivity contribution in [2.24, 2.45) is 0 Å². The normalized spacial score (nSPS) is 34.8. The van der Waals surface area contributed by atoms with Crippen molar-refractivity contribution in [3.8, 4) is 0 Å². The molecule has 0 radical (unpaired) electrons. The SMILES string of the molecule is CC1CN(C2CCCCC2)C2(CCCCC2)CN1. The molecule has 0 amide bonds. The molecule has 2 saturated carbocycles. The Hall–Kier alpha value is -0.0800. The van der Waals surface area contributed by atoms with Gasteiger partial charge >= 0.3 is 0 Å². The van der Waals surface area contributed by atoms with Crippen LogP contribution in [-0.4, -0.2) is 35.6 Å². The third-order valence-electron chi connectivity index (χ3n) is 5.66. The lowest BCUT2D eigenvalue weighted by Crippen LogP contribution is -2.67. The molecule has 1 spiro atoms. The van der Waals surface area contributed by atoms with E-state index in [1.54, 1.807) is 0 Å². The molecule has 2 nitrogen and oxygen atoms in total. The average Bonchev–Trinajstić information content (AvgIpc) is 2.44. The first kappa shape index (κ1) is 12.9. The van der Waals surface area contributed by atoms with E-state index in [9.17, 15) is 0 Å². The van der Waals surface area contributed by atoms with Gasteiger partial charge in [0.05, 0.1) is 0 Å². The lowest BCUT2D eigenvalue weighted by molar-refractivity contribution is -0.0307. The summed E-state index contributed by atoms with van der Waals surface area (Å²) in [6.45, 7) is 4.92. The Morgan fingerprint density at radius 3 is 2.33 bits per heavy atom. The molecule has 1 unspecified atom stereocenters. The van der Waals surface area contributed by atoms with Gasteiger partial charge in [0, 0.05) is 30.7 Å². The summed E-state index contributed by atoms with van der Waals surface area (Å²) in [5.41, 5.74) is 0.534. The highest BCUT2D eigenvalue weighted by Crippen LogP contribution is 2.39. The van der Waals surface area contributed by atoms with Crippen LogP contribution in [0.25, 0.3) is 0 Å². The standard InChI is InChI=1S/C16H30N2/c1-14-12-18(15-8-4-2-5-9-15)16(13-17-14)10-6-3-7-11-16/h14-15,17H,2-13H2,1H3. The number of hydrogen-bond donors (Lipinski definition) is 1. The fraction of sp³-hybridized carbons (Fsp3) is 1.00. The van der Waals surface area contributed by atoms with Crippen molar-refractivity contribution in [1.82, 2.24) is 10.2 Å². The summed E-state index contributed by atoms with van der Waals surface area (Å²) in [5, 5.41) is 3.77. The van der Waals surface area contributed by atoms with Crippen molar-refractivity contribution in [2.75, 3.05) is 13.1 Å². The van der Waals surface area contributed by atoms with Crippen LogP contribution in [0.15, 0.2) is 0 Å². The smallest absolute Gasteiger partial charge is 0.0337 e. The second kappa shape index (κ2) is 5.50. The molecule has 3 fully saturated rings. The van der Waals surface area contributed by atoms with Gasteiger partial charge < -0.3 is 5.32 Å². The van der Waals surface area contributed by atoms with E-state index in [4.69, 9.17) is 0 Å². The van der Waals surface area contributed by atoms with Gasteiger partial charge in [-0.15, -0.1) is 0 Å². The molecule has 1 aliphatic heterocycles. The van der Waals surface area contributed by atoms with Crippen LogP contribution < -0.4 is 5.32 Å². The monoisotopic (exact) mass is 250 g/mol. The summed E-state index contributed by atoms with van der Waals surface area (Å²) in [5.74, 6) is 0. The topological polar surface area (TPSA) is 15.3 Å². The molecule has 104 valence electrons. The van der Waals surface area contributed by atoms with Crippen molar-refractivity contribution >= 4 is 0 Å². The highest BCUT2D eigenvalue weighted by Gasteiger charge is 2.44. The summed E-state index contributed by atoms with van der Waals surface area (Å²) >= 11 is 0. The third-order valence-corrected chi connectivity index (χ3v) is 5.66. The molecule has 3 aliphatic rings. The van der Waals surface area contributed by atoms with Crippen molar-refractivity contribution in [3.63, 3.8) is 0 Å². The van der Waals surface area contributed by atoms with Crippen LogP contribution in [0.1, 0.15) is 71.1 Å². The van der Waals surface area contributed by atoms with E-state index in [1.807, 2.05) is 0 Å². The second-order valence-corrected chi connectivity index (χ2v) is 7.01. The molecule has 0 aromatic heterocycles. The number of rotatable bonds is 1. The first-order chi connectivity index (χ1) is 8.80. The van der Waals surface area contributed by atoms with Gasteiger partial charge in [-0.25, -0.2) is 0 Å². The highest BCUT2D eigenvalue weighted by atomic mass is 15.3. The number of nitrogens with one attached hydrogen (secondary N) is 1. The Morgan fingerprint density at radius 2 is 1.61 bits per heavy atom. The Labute approximate surface area is 113 Å². The minimum Gasteiger partial charge on any atom is -0.311 e. The van der Waals surface area contributed by atoms with E-state index < -0.39 is 0 Å². The zero-order chi connectivity index (χ0) is 12.4. The van der Waals surface area contributed by atoms with Gasteiger partial charge in [-0.1, -0.05) is 38.5 Å². The summed E-state index contributed by atoms with van der Waals surface area (Å²) in [6.07, 6.45) is 14.6. The fourth-order valence-corrected chi connectivity index (χ4v) is 4.62. The molecule has 1 saturated heterocycles. The Bertz CT molecular complexity index is 264. The molecule has 0 bridgehead atoms. The van der Waals surface area contributed by atoms with E-state index in [0.29, 0.717) is 11.6 Å². The van der Waals surface area contributed by atoms with E-state index in [0.717, 1.165) is 6.04 Å². The largest absolute Gasteiger partial charge is 0.311 e. The number of hydrogen-bond acceptors (Lipinski definition) is 2. The van der Waals surface area contributed by atoms with Crippen LogP contribution in [0.3, 0.4) is 0 Å². The van der Waals surface area contributed by atoms with Gasteiger partial charge in [-0.3, -0.25) is 4.90 Å². The van der Waals surface area contributed by atoms with Crippen LogP contribution in [0.5, 0.6) is 0 Å². The van der Waals surface area contributed by atoms with Gasteiger partial charge in [-0.05, 0) is 32.6 Å². The number of piperazine rings is 1. The van der Waals surface area contributed by atoms with Gasteiger partial charge in [-0.2, -0.15) is 0 Å². The maximum atomic E-state index is 3.77. The van der Waals surface area contributed by atoms with Crippen LogP contribution >= 0.6 is 0 Å². The Balaban J connectivity index is 1.76.